The van der Waals surface area contributed by atoms with Crippen LogP contribution in [0.25, 0.3) is 10.8 Å². The van der Waals surface area contributed by atoms with Crippen LogP contribution in [-0.4, -0.2) is 14.2 Å². The predicted octanol–water partition coefficient (Wildman–Crippen LogP) is 2.94. The van der Waals surface area contributed by atoms with Crippen LogP contribution in [0.15, 0.2) is 41.3 Å². The molecule has 0 aromatic heterocycles. The summed E-state index contributed by atoms with van der Waals surface area (Å²) in [5, 5.41) is 2.05. The third kappa shape index (κ3) is 1.95. The van der Waals surface area contributed by atoms with Crippen molar-refractivity contribution in [2.45, 2.75) is 18.7 Å². The minimum Gasteiger partial charge on any atom is -0.224 e. The maximum atomic E-state index is 11.7. The van der Waals surface area contributed by atoms with E-state index in [2.05, 4.69) is 0 Å². The highest BCUT2D eigenvalue weighted by atomic mass is 32.2. The Morgan fingerprint density at radius 3 is 2.38 bits per heavy atom. The molecule has 3 heteroatoms. The first kappa shape index (κ1) is 11.1. The summed E-state index contributed by atoms with van der Waals surface area (Å²) in [5.74, 6) is 0.143. The molecule has 0 fully saturated rings. The second kappa shape index (κ2) is 3.91. The molecule has 2 nitrogen and oxygen atoms in total. The van der Waals surface area contributed by atoms with Gasteiger partial charge in [0.05, 0.1) is 10.6 Å². The lowest BCUT2D eigenvalue weighted by Gasteiger charge is -2.04. The van der Waals surface area contributed by atoms with Crippen molar-refractivity contribution in [3.8, 4) is 0 Å². The van der Waals surface area contributed by atoms with Gasteiger partial charge < -0.3 is 0 Å². The first-order valence-electron chi connectivity index (χ1n) is 5.26. The molecule has 0 aliphatic rings. The number of sulfone groups is 1. The molecule has 0 bridgehead atoms. The Balaban J connectivity index is 2.68. The summed E-state index contributed by atoms with van der Waals surface area (Å²) in [6.45, 7) is 3.66. The van der Waals surface area contributed by atoms with Crippen LogP contribution in [0.3, 0.4) is 0 Å². The molecule has 0 spiro atoms. The quantitative estimate of drug-likeness (QED) is 0.800. The molecule has 0 atom stereocenters. The molecular formula is C13H14O2S. The molecular weight excluding hydrogens is 220 g/mol. The molecule has 0 N–H and O–H groups in total. The molecule has 0 saturated carbocycles. The maximum absolute atomic E-state index is 11.7. The van der Waals surface area contributed by atoms with Gasteiger partial charge in [0.15, 0.2) is 9.84 Å². The second-order valence-corrected chi connectivity index (χ2v) is 6.19. The van der Waals surface area contributed by atoms with E-state index in [0.29, 0.717) is 4.90 Å². The van der Waals surface area contributed by atoms with Gasteiger partial charge in [0.1, 0.15) is 0 Å². The number of benzene rings is 2. The fourth-order valence-electron chi connectivity index (χ4n) is 1.70. The summed E-state index contributed by atoms with van der Waals surface area (Å²) in [6, 6.07) is 11.3. The third-order valence-corrected chi connectivity index (χ3v) is 4.44. The number of hydrogen-bond donors (Lipinski definition) is 0. The van der Waals surface area contributed by atoms with Crippen molar-refractivity contribution in [3.05, 3.63) is 42.0 Å². The molecule has 2 aromatic carbocycles. The van der Waals surface area contributed by atoms with Crippen LogP contribution in [0.2, 0.25) is 0 Å². The van der Waals surface area contributed by atoms with Gasteiger partial charge in [0.2, 0.25) is 0 Å². The minimum atomic E-state index is -3.10. The van der Waals surface area contributed by atoms with Crippen LogP contribution in [0.4, 0.5) is 0 Å². The number of rotatable bonds is 2. The fourth-order valence-corrected chi connectivity index (χ4v) is 2.62. The van der Waals surface area contributed by atoms with Gasteiger partial charge in [0.25, 0.3) is 0 Å². The van der Waals surface area contributed by atoms with Crippen molar-refractivity contribution in [2.75, 3.05) is 5.75 Å². The van der Waals surface area contributed by atoms with E-state index >= 15 is 0 Å². The van der Waals surface area contributed by atoms with Gasteiger partial charge in [-0.25, -0.2) is 8.42 Å². The summed E-state index contributed by atoms with van der Waals surface area (Å²) in [4.78, 5) is 0.410. The van der Waals surface area contributed by atoms with Crippen molar-refractivity contribution >= 4 is 20.6 Å². The van der Waals surface area contributed by atoms with Gasteiger partial charge in [-0.1, -0.05) is 36.8 Å². The normalized spacial score (nSPS) is 11.9. The maximum Gasteiger partial charge on any atom is 0.178 e. The lowest BCUT2D eigenvalue weighted by Crippen LogP contribution is -2.03. The lowest BCUT2D eigenvalue weighted by atomic mass is 10.1. The molecule has 2 aromatic rings. The average Bonchev–Trinajstić information content (AvgIpc) is 2.28. The zero-order valence-electron chi connectivity index (χ0n) is 9.40. The van der Waals surface area contributed by atoms with Gasteiger partial charge in [-0.2, -0.15) is 0 Å². The van der Waals surface area contributed by atoms with Gasteiger partial charge in [-0.05, 0) is 29.8 Å². The highest BCUT2D eigenvalue weighted by molar-refractivity contribution is 7.91. The molecule has 2 rings (SSSR count). The molecule has 16 heavy (non-hydrogen) atoms. The largest absolute Gasteiger partial charge is 0.224 e. The van der Waals surface area contributed by atoms with E-state index in [1.807, 2.05) is 31.2 Å². The topological polar surface area (TPSA) is 34.1 Å². The van der Waals surface area contributed by atoms with Crippen LogP contribution in [0, 0.1) is 6.92 Å². The molecule has 0 radical (unpaired) electrons. The van der Waals surface area contributed by atoms with Crippen LogP contribution in [0.5, 0.6) is 0 Å². The van der Waals surface area contributed by atoms with Gasteiger partial charge in [-0.3, -0.25) is 0 Å². The van der Waals surface area contributed by atoms with E-state index in [1.165, 1.54) is 0 Å². The van der Waals surface area contributed by atoms with Crippen molar-refractivity contribution in [3.63, 3.8) is 0 Å². The van der Waals surface area contributed by atoms with Gasteiger partial charge >= 0.3 is 0 Å². The van der Waals surface area contributed by atoms with Crippen LogP contribution < -0.4 is 0 Å². The predicted molar refractivity (Wildman–Crippen MR) is 66.4 cm³/mol. The van der Waals surface area contributed by atoms with Gasteiger partial charge in [0, 0.05) is 0 Å². The molecule has 84 valence electrons. The van der Waals surface area contributed by atoms with Crippen molar-refractivity contribution in [2.24, 2.45) is 0 Å². The third-order valence-electron chi connectivity index (χ3n) is 2.71. The smallest absolute Gasteiger partial charge is 0.178 e. The molecule has 0 aliphatic heterocycles. The Morgan fingerprint density at radius 2 is 1.69 bits per heavy atom. The molecule has 0 heterocycles. The van der Waals surface area contributed by atoms with E-state index < -0.39 is 9.84 Å². The summed E-state index contributed by atoms with van der Waals surface area (Å²) in [7, 11) is -3.10. The first-order valence-corrected chi connectivity index (χ1v) is 6.91. The van der Waals surface area contributed by atoms with E-state index in [4.69, 9.17) is 0 Å². The zero-order chi connectivity index (χ0) is 11.8. The van der Waals surface area contributed by atoms with E-state index in [0.717, 1.165) is 16.3 Å². The van der Waals surface area contributed by atoms with Crippen LogP contribution in [0.1, 0.15) is 12.5 Å². The first-order chi connectivity index (χ1) is 7.53. The Labute approximate surface area is 95.8 Å². The van der Waals surface area contributed by atoms with Gasteiger partial charge in [-0.15, -0.1) is 0 Å². The zero-order valence-corrected chi connectivity index (χ0v) is 10.2. The van der Waals surface area contributed by atoms with Crippen LogP contribution in [-0.2, 0) is 9.84 Å². The Kier molecular flexibility index (Phi) is 2.72. The highest BCUT2D eigenvalue weighted by Crippen LogP contribution is 2.21. The minimum absolute atomic E-state index is 0.143. The summed E-state index contributed by atoms with van der Waals surface area (Å²) in [5.41, 5.74) is 1.14. The standard InChI is InChI=1S/C13H14O2S/c1-3-16(14,15)13-7-6-11-5-4-10(2)8-12(11)9-13/h4-9H,3H2,1-2H3. The number of fused-ring (bicyclic) bond motifs is 1. The van der Waals surface area contributed by atoms with Crippen molar-refractivity contribution in [1.29, 1.82) is 0 Å². The van der Waals surface area contributed by atoms with E-state index in [9.17, 15) is 8.42 Å². The average molecular weight is 234 g/mol. The SMILES string of the molecule is CCS(=O)(=O)c1ccc2ccc(C)cc2c1. The van der Waals surface area contributed by atoms with Crippen LogP contribution >= 0.6 is 0 Å². The summed E-state index contributed by atoms with van der Waals surface area (Å²) < 4.78 is 23.5. The Hall–Kier alpha value is -1.35. The Morgan fingerprint density at radius 1 is 1.00 bits per heavy atom. The Bertz CT molecular complexity index is 627. The monoisotopic (exact) mass is 234 g/mol. The lowest BCUT2D eigenvalue weighted by molar-refractivity contribution is 0.597. The summed E-state index contributed by atoms with van der Waals surface area (Å²) in [6.07, 6.45) is 0. The molecule has 0 saturated heterocycles. The van der Waals surface area contributed by atoms with E-state index in [-0.39, 0.29) is 5.75 Å². The molecule has 0 aliphatic carbocycles. The number of aryl methyl sites for hydroxylation is 1. The highest BCUT2D eigenvalue weighted by Gasteiger charge is 2.11. The number of hydrogen-bond acceptors (Lipinski definition) is 2. The molecule has 0 unspecified atom stereocenters. The van der Waals surface area contributed by atoms with Crippen molar-refractivity contribution in [1.82, 2.24) is 0 Å². The van der Waals surface area contributed by atoms with E-state index in [1.54, 1.807) is 19.1 Å². The summed E-state index contributed by atoms with van der Waals surface area (Å²) >= 11 is 0. The fraction of sp³-hybridized carbons (Fsp3) is 0.231. The van der Waals surface area contributed by atoms with Crippen molar-refractivity contribution < 1.29 is 8.42 Å². The second-order valence-electron chi connectivity index (χ2n) is 3.92. The molecule has 0 amide bonds.